The molecule has 1 unspecified atom stereocenters. The predicted octanol–water partition coefficient (Wildman–Crippen LogP) is 2.88. The van der Waals surface area contributed by atoms with Crippen LogP contribution in [0.2, 0.25) is 0 Å². The zero-order chi connectivity index (χ0) is 17.3. The second kappa shape index (κ2) is 4.96. The second-order valence-electron chi connectivity index (χ2n) is 8.24. The highest BCUT2D eigenvalue weighted by atomic mass is 16.7. The summed E-state index contributed by atoms with van der Waals surface area (Å²) in [4.78, 5) is 12.9. The van der Waals surface area contributed by atoms with Gasteiger partial charge >= 0.3 is 7.12 Å². The van der Waals surface area contributed by atoms with Gasteiger partial charge in [0.2, 0.25) is 0 Å². The first-order chi connectivity index (χ1) is 11.2. The van der Waals surface area contributed by atoms with Gasteiger partial charge in [0.05, 0.1) is 11.2 Å². The van der Waals surface area contributed by atoms with Gasteiger partial charge in [0.15, 0.2) is 0 Å². The zero-order valence-electron chi connectivity index (χ0n) is 15.0. The van der Waals surface area contributed by atoms with Crippen molar-refractivity contribution >= 4 is 23.4 Å². The first-order valence-corrected chi connectivity index (χ1v) is 8.70. The minimum absolute atomic E-state index is 0.0835. The lowest BCUT2D eigenvalue weighted by atomic mass is 9.78. The molecule has 1 aromatic heterocycles. The van der Waals surface area contributed by atoms with E-state index in [4.69, 9.17) is 9.31 Å². The number of aromatic nitrogens is 1. The van der Waals surface area contributed by atoms with E-state index in [1.54, 1.807) is 0 Å². The number of benzene rings is 1. The summed E-state index contributed by atoms with van der Waals surface area (Å²) < 4.78 is 14.1. The van der Waals surface area contributed by atoms with E-state index in [-0.39, 0.29) is 16.8 Å². The molecule has 0 amide bonds. The van der Waals surface area contributed by atoms with Gasteiger partial charge in [0, 0.05) is 17.6 Å². The molecule has 1 aromatic carbocycles. The van der Waals surface area contributed by atoms with Crippen molar-refractivity contribution < 1.29 is 9.31 Å². The Morgan fingerprint density at radius 3 is 2.33 bits per heavy atom. The van der Waals surface area contributed by atoms with E-state index < -0.39 is 7.12 Å². The van der Waals surface area contributed by atoms with Gasteiger partial charge in [-0.15, -0.1) is 0 Å². The molecule has 0 radical (unpaired) electrons. The van der Waals surface area contributed by atoms with Crippen LogP contribution in [0, 0.1) is 5.92 Å². The third kappa shape index (κ3) is 2.33. The molecule has 5 heteroatoms. The first-order valence-electron chi connectivity index (χ1n) is 8.70. The Labute approximate surface area is 142 Å². The third-order valence-electron chi connectivity index (χ3n) is 5.91. The Balaban J connectivity index is 1.76. The summed E-state index contributed by atoms with van der Waals surface area (Å²) in [6, 6.07) is 8.28. The standard InChI is InChI=1S/C19H24BNO3/c1-12-10-16(12)21-9-8-13-6-7-14(11-15(13)17(21)22)20-23-18(2,3)19(4,5)24-20/h6-9,11-12,16H,10H2,1-5H3/t12-,16?/m0/s1. The van der Waals surface area contributed by atoms with Crippen LogP contribution >= 0.6 is 0 Å². The van der Waals surface area contributed by atoms with Gasteiger partial charge in [0.1, 0.15) is 0 Å². The molecule has 1 aliphatic heterocycles. The van der Waals surface area contributed by atoms with Crippen LogP contribution in [-0.2, 0) is 9.31 Å². The molecule has 1 saturated heterocycles. The number of nitrogens with zero attached hydrogens (tertiary/aromatic N) is 1. The molecule has 0 spiro atoms. The highest BCUT2D eigenvalue weighted by Gasteiger charge is 2.51. The molecular formula is C19H24BNO3. The van der Waals surface area contributed by atoms with Gasteiger partial charge in [-0.25, -0.2) is 0 Å². The van der Waals surface area contributed by atoms with Crippen molar-refractivity contribution in [2.75, 3.05) is 0 Å². The molecule has 126 valence electrons. The maximum Gasteiger partial charge on any atom is 0.494 e. The van der Waals surface area contributed by atoms with Gasteiger partial charge in [-0.05, 0) is 63.0 Å². The van der Waals surface area contributed by atoms with E-state index in [0.717, 1.165) is 22.7 Å². The Morgan fingerprint density at radius 1 is 1.12 bits per heavy atom. The van der Waals surface area contributed by atoms with Gasteiger partial charge in [-0.2, -0.15) is 0 Å². The molecule has 0 bridgehead atoms. The van der Waals surface area contributed by atoms with E-state index in [2.05, 4.69) is 6.92 Å². The van der Waals surface area contributed by atoms with Crippen LogP contribution in [0.4, 0.5) is 0 Å². The van der Waals surface area contributed by atoms with Crippen molar-refractivity contribution in [2.24, 2.45) is 5.92 Å². The number of fused-ring (bicyclic) bond motifs is 1. The van der Waals surface area contributed by atoms with Gasteiger partial charge in [0.25, 0.3) is 5.56 Å². The molecule has 4 nitrogen and oxygen atoms in total. The molecule has 2 fully saturated rings. The summed E-state index contributed by atoms with van der Waals surface area (Å²) in [6.07, 6.45) is 3.01. The summed E-state index contributed by atoms with van der Waals surface area (Å²) >= 11 is 0. The number of hydrogen-bond donors (Lipinski definition) is 0. The summed E-state index contributed by atoms with van der Waals surface area (Å²) in [6.45, 7) is 10.3. The number of pyridine rings is 1. The van der Waals surface area contributed by atoms with Crippen LogP contribution in [0.25, 0.3) is 10.8 Å². The van der Waals surface area contributed by atoms with Crippen LogP contribution in [-0.4, -0.2) is 22.9 Å². The molecule has 2 aromatic rings. The predicted molar refractivity (Wildman–Crippen MR) is 96.7 cm³/mol. The molecule has 0 N–H and O–H groups in total. The Morgan fingerprint density at radius 2 is 1.75 bits per heavy atom. The average molecular weight is 325 g/mol. The molecule has 2 heterocycles. The summed E-state index contributed by atoms with van der Waals surface area (Å²) in [5, 5.41) is 1.70. The molecule has 24 heavy (non-hydrogen) atoms. The normalized spacial score (nSPS) is 27.6. The van der Waals surface area contributed by atoms with Crippen LogP contribution in [0.5, 0.6) is 0 Å². The average Bonchev–Trinajstić information content (AvgIpc) is 3.17. The fourth-order valence-electron chi connectivity index (χ4n) is 3.35. The molecule has 1 saturated carbocycles. The van der Waals surface area contributed by atoms with Gasteiger partial charge < -0.3 is 13.9 Å². The lowest BCUT2D eigenvalue weighted by Gasteiger charge is -2.32. The Kier molecular flexibility index (Phi) is 3.29. The minimum Gasteiger partial charge on any atom is -0.399 e. The van der Waals surface area contributed by atoms with Crippen LogP contribution in [0.1, 0.15) is 47.1 Å². The van der Waals surface area contributed by atoms with Crippen molar-refractivity contribution in [2.45, 2.75) is 58.3 Å². The summed E-state index contributed by atoms with van der Waals surface area (Å²) in [5.74, 6) is 0.589. The largest absolute Gasteiger partial charge is 0.494 e. The highest BCUT2D eigenvalue weighted by Crippen LogP contribution is 2.41. The maximum atomic E-state index is 12.9. The van der Waals surface area contributed by atoms with Crippen LogP contribution in [0.15, 0.2) is 35.3 Å². The Bertz CT molecular complexity index is 855. The topological polar surface area (TPSA) is 40.5 Å². The molecule has 2 atom stereocenters. The number of rotatable bonds is 2. The fraction of sp³-hybridized carbons (Fsp3) is 0.526. The lowest BCUT2D eigenvalue weighted by Crippen LogP contribution is -2.41. The molecule has 2 aliphatic rings. The Hall–Kier alpha value is -1.59. The number of hydrogen-bond acceptors (Lipinski definition) is 3. The fourth-order valence-corrected chi connectivity index (χ4v) is 3.35. The van der Waals surface area contributed by atoms with Crippen molar-refractivity contribution in [1.29, 1.82) is 0 Å². The van der Waals surface area contributed by atoms with Crippen LogP contribution in [0.3, 0.4) is 0 Å². The van der Waals surface area contributed by atoms with E-state index in [9.17, 15) is 4.79 Å². The molecule has 1 aliphatic carbocycles. The third-order valence-corrected chi connectivity index (χ3v) is 5.91. The second-order valence-corrected chi connectivity index (χ2v) is 8.24. The quantitative estimate of drug-likeness (QED) is 0.797. The maximum absolute atomic E-state index is 12.9. The summed E-state index contributed by atoms with van der Waals surface area (Å²) in [7, 11) is -0.438. The van der Waals surface area contributed by atoms with Gasteiger partial charge in [-0.1, -0.05) is 19.1 Å². The van der Waals surface area contributed by atoms with E-state index in [1.165, 1.54) is 0 Å². The monoisotopic (exact) mass is 325 g/mol. The molecular weight excluding hydrogens is 301 g/mol. The highest BCUT2D eigenvalue weighted by molar-refractivity contribution is 6.62. The SMILES string of the molecule is C[C@H]1CC1n1ccc2ccc(B3OC(C)(C)C(C)(C)O3)cc2c1=O. The molecule has 4 rings (SSSR count). The first kappa shape index (κ1) is 15.9. The van der Waals surface area contributed by atoms with E-state index >= 15 is 0 Å². The van der Waals surface area contributed by atoms with Crippen LogP contribution < -0.4 is 11.0 Å². The van der Waals surface area contributed by atoms with Crippen molar-refractivity contribution in [3.63, 3.8) is 0 Å². The van der Waals surface area contributed by atoms with Crippen molar-refractivity contribution in [3.05, 3.63) is 40.8 Å². The van der Waals surface area contributed by atoms with Gasteiger partial charge in [-0.3, -0.25) is 4.79 Å². The van der Waals surface area contributed by atoms with Crippen molar-refractivity contribution in [1.82, 2.24) is 4.57 Å². The van der Waals surface area contributed by atoms with E-state index in [1.807, 2.05) is 62.7 Å². The minimum atomic E-state index is -0.438. The lowest BCUT2D eigenvalue weighted by molar-refractivity contribution is 0.00578. The van der Waals surface area contributed by atoms with E-state index in [0.29, 0.717) is 12.0 Å². The zero-order valence-corrected chi connectivity index (χ0v) is 15.0. The van der Waals surface area contributed by atoms with Crippen molar-refractivity contribution in [3.8, 4) is 0 Å². The smallest absolute Gasteiger partial charge is 0.399 e. The summed E-state index contributed by atoms with van der Waals surface area (Å²) in [5.41, 5.74) is 0.222.